The Hall–Kier alpha value is -3.47. The van der Waals surface area contributed by atoms with E-state index >= 15 is 0 Å². The van der Waals surface area contributed by atoms with Crippen LogP contribution >= 0.6 is 0 Å². The lowest BCUT2D eigenvalue weighted by Crippen LogP contribution is -2.43. The minimum absolute atomic E-state index is 0.0331. The number of fused-ring (bicyclic) bond motifs is 1. The molecule has 0 bridgehead atoms. The van der Waals surface area contributed by atoms with Crippen LogP contribution in [-0.4, -0.2) is 58.7 Å². The summed E-state index contributed by atoms with van der Waals surface area (Å²) in [5, 5.41) is 9.56. The van der Waals surface area contributed by atoms with Gasteiger partial charge in [0, 0.05) is 44.8 Å². The van der Waals surface area contributed by atoms with Gasteiger partial charge in [-0.05, 0) is 80.3 Å². The zero-order valence-electron chi connectivity index (χ0n) is 27.1. The molecule has 1 unspecified atom stereocenters. The first-order chi connectivity index (χ1) is 21.0. The Morgan fingerprint density at radius 3 is 2.66 bits per heavy atom. The topological polar surface area (TPSA) is 122 Å². The number of nitrogen functional groups attached to an aromatic ring is 1. The molecule has 0 radical (unpaired) electrons. The summed E-state index contributed by atoms with van der Waals surface area (Å²) in [6, 6.07) is 14.1. The van der Waals surface area contributed by atoms with Crippen molar-refractivity contribution in [1.29, 1.82) is 0 Å². The second kappa shape index (κ2) is 14.5. The number of ether oxygens (including phenoxy) is 1. The van der Waals surface area contributed by atoms with E-state index in [1.165, 1.54) is 0 Å². The largest absolute Gasteiger partial charge is 0.472 e. The van der Waals surface area contributed by atoms with E-state index in [9.17, 15) is 9.00 Å². The lowest BCUT2D eigenvalue weighted by atomic mass is 9.69. The molecule has 44 heavy (non-hydrogen) atoms. The maximum atomic E-state index is 13.8. The van der Waals surface area contributed by atoms with Crippen LogP contribution < -0.4 is 26.4 Å². The van der Waals surface area contributed by atoms with E-state index < -0.39 is 16.4 Å². The minimum atomic E-state index is -1.44. The Labute approximate surface area is 264 Å². The van der Waals surface area contributed by atoms with Crippen molar-refractivity contribution in [3.05, 3.63) is 76.5 Å². The molecule has 1 aliphatic rings. The number of aryl methyl sites for hydroxylation is 1. The van der Waals surface area contributed by atoms with Crippen molar-refractivity contribution >= 4 is 28.3 Å². The SMILES string of the molecule is CCNc1ccc([C@H](c2ccc(C)c(CN3C[C@@H](CC)Oc4ncccc4S3=O)c2)C(C)(C)C(=O)NCCNC)c(C)c1N. The summed E-state index contributed by atoms with van der Waals surface area (Å²) in [5.41, 5.74) is 12.5. The second-order valence-electron chi connectivity index (χ2n) is 12.0. The average Bonchev–Trinajstić information content (AvgIpc) is 3.14. The van der Waals surface area contributed by atoms with Gasteiger partial charge >= 0.3 is 0 Å². The molecule has 1 amide bonds. The second-order valence-corrected chi connectivity index (χ2v) is 13.5. The molecule has 2 aromatic carbocycles. The zero-order valence-corrected chi connectivity index (χ0v) is 27.9. The van der Waals surface area contributed by atoms with Crippen molar-refractivity contribution in [3.8, 4) is 5.88 Å². The van der Waals surface area contributed by atoms with Crippen LogP contribution in [0.25, 0.3) is 0 Å². The van der Waals surface area contributed by atoms with Crippen LogP contribution in [0.4, 0.5) is 11.4 Å². The van der Waals surface area contributed by atoms with Crippen LogP contribution in [0.5, 0.6) is 5.88 Å². The summed E-state index contributed by atoms with van der Waals surface area (Å²) in [7, 11) is 0.425. The highest BCUT2D eigenvalue weighted by Crippen LogP contribution is 2.45. The van der Waals surface area contributed by atoms with Gasteiger partial charge in [0.2, 0.25) is 11.8 Å². The molecular weight excluding hydrogens is 572 g/mol. The average molecular weight is 621 g/mol. The van der Waals surface area contributed by atoms with Gasteiger partial charge in [0.05, 0.1) is 16.8 Å². The Bertz CT molecular complexity index is 1490. The molecule has 1 aliphatic heterocycles. The Morgan fingerprint density at radius 2 is 1.95 bits per heavy atom. The predicted octanol–water partition coefficient (Wildman–Crippen LogP) is 4.90. The van der Waals surface area contributed by atoms with Crippen molar-refractivity contribution in [3.63, 3.8) is 0 Å². The lowest BCUT2D eigenvalue weighted by molar-refractivity contribution is -0.130. The molecule has 0 saturated heterocycles. The lowest BCUT2D eigenvalue weighted by Gasteiger charge is -2.36. The summed E-state index contributed by atoms with van der Waals surface area (Å²) in [5.74, 6) is 0.112. The van der Waals surface area contributed by atoms with E-state index in [0.717, 1.165) is 46.5 Å². The molecule has 9 nitrogen and oxygen atoms in total. The quantitative estimate of drug-likeness (QED) is 0.168. The Balaban J connectivity index is 1.79. The van der Waals surface area contributed by atoms with E-state index in [1.807, 2.05) is 51.2 Å². The van der Waals surface area contributed by atoms with Crippen LogP contribution in [0.3, 0.4) is 0 Å². The number of hydrogen-bond donors (Lipinski definition) is 4. The molecule has 1 aromatic heterocycles. The fourth-order valence-electron chi connectivity index (χ4n) is 5.84. The van der Waals surface area contributed by atoms with Crippen LogP contribution in [0.1, 0.15) is 67.9 Å². The minimum Gasteiger partial charge on any atom is -0.472 e. The number of carbonyl (C=O) groups excluding carboxylic acids is 1. The van der Waals surface area contributed by atoms with Crippen LogP contribution in [0, 0.1) is 19.3 Å². The summed E-state index contributed by atoms with van der Waals surface area (Å²) in [6.07, 6.45) is 2.31. The van der Waals surface area contributed by atoms with Gasteiger partial charge in [0.25, 0.3) is 0 Å². The zero-order chi connectivity index (χ0) is 32.0. The maximum absolute atomic E-state index is 13.8. The van der Waals surface area contributed by atoms with Crippen LogP contribution in [0.2, 0.25) is 0 Å². The Morgan fingerprint density at radius 1 is 1.18 bits per heavy atom. The molecule has 238 valence electrons. The molecule has 0 aliphatic carbocycles. The van der Waals surface area contributed by atoms with E-state index in [4.69, 9.17) is 10.5 Å². The van der Waals surface area contributed by atoms with Gasteiger partial charge in [-0.2, -0.15) is 0 Å². The predicted molar refractivity (Wildman–Crippen MR) is 179 cm³/mol. The van der Waals surface area contributed by atoms with Gasteiger partial charge < -0.3 is 26.4 Å². The fourth-order valence-corrected chi connectivity index (χ4v) is 7.12. The number of aromatic nitrogens is 1. The molecular formula is C34H48N6O3S. The number of nitrogens with two attached hydrogens (primary N) is 1. The van der Waals surface area contributed by atoms with Gasteiger partial charge in [-0.15, -0.1) is 0 Å². The molecule has 0 spiro atoms. The first-order valence-electron chi connectivity index (χ1n) is 15.5. The van der Waals surface area contributed by atoms with E-state index in [2.05, 4.69) is 59.0 Å². The number of pyridine rings is 1. The molecule has 10 heteroatoms. The highest BCUT2D eigenvalue weighted by atomic mass is 32.2. The first-order valence-corrected chi connectivity index (χ1v) is 16.6. The van der Waals surface area contributed by atoms with E-state index in [-0.39, 0.29) is 17.9 Å². The highest BCUT2D eigenvalue weighted by Gasteiger charge is 2.40. The number of benzene rings is 2. The van der Waals surface area contributed by atoms with Crippen molar-refractivity contribution in [2.45, 2.75) is 71.4 Å². The Kier molecular flexibility index (Phi) is 11.0. The molecule has 2 heterocycles. The molecule has 3 atom stereocenters. The van der Waals surface area contributed by atoms with Gasteiger partial charge in [-0.1, -0.05) is 45.0 Å². The molecule has 5 N–H and O–H groups in total. The number of rotatable bonds is 12. The summed E-state index contributed by atoms with van der Waals surface area (Å²) in [6.45, 7) is 15.1. The third-order valence-corrected chi connectivity index (χ3v) is 9.99. The monoisotopic (exact) mass is 620 g/mol. The third kappa shape index (κ3) is 7.08. The van der Waals surface area contributed by atoms with Crippen molar-refractivity contribution in [2.24, 2.45) is 5.41 Å². The number of amides is 1. The molecule has 4 rings (SSSR count). The fraction of sp³-hybridized carbons (Fsp3) is 0.471. The van der Waals surface area contributed by atoms with Gasteiger partial charge in [-0.3, -0.25) is 4.79 Å². The molecule has 0 fully saturated rings. The van der Waals surface area contributed by atoms with Crippen molar-refractivity contribution < 1.29 is 13.7 Å². The van der Waals surface area contributed by atoms with E-state index in [1.54, 1.807) is 12.3 Å². The standard InChI is InChI=1S/C34H48N6O3S/c1-8-26-21-40(44(42)29-11-10-16-38-32(29)43-26)20-25-19-24(13-12-22(25)3)30(34(5,6)33(41)39-18-17-36-7)27-14-15-28(37-9-2)31(35)23(27)4/h10-16,19,26,30,36-37H,8-9,17-18,20-21,35H2,1-7H3,(H,39,41)/t26-,30+,44?/m1/s1. The maximum Gasteiger partial charge on any atom is 0.231 e. The number of carbonyl (C=O) groups is 1. The summed E-state index contributed by atoms with van der Waals surface area (Å²) >= 11 is 0. The summed E-state index contributed by atoms with van der Waals surface area (Å²) < 4.78 is 21.9. The van der Waals surface area contributed by atoms with Gasteiger partial charge in [0.1, 0.15) is 22.0 Å². The number of likely N-dealkylation sites (N-methyl/N-ethyl adjacent to an activating group) is 1. The molecule has 0 saturated carbocycles. The third-order valence-electron chi connectivity index (χ3n) is 8.56. The number of nitrogens with zero attached hydrogens (tertiary/aromatic N) is 2. The van der Waals surface area contributed by atoms with Gasteiger partial charge in [-0.25, -0.2) is 13.5 Å². The number of anilines is 2. The van der Waals surface area contributed by atoms with Crippen LogP contribution in [0.15, 0.2) is 53.6 Å². The van der Waals surface area contributed by atoms with Crippen molar-refractivity contribution in [2.75, 3.05) is 44.3 Å². The normalized spacial score (nSPS) is 17.7. The number of hydrogen-bond acceptors (Lipinski definition) is 7. The first kappa shape index (κ1) is 33.4. The smallest absolute Gasteiger partial charge is 0.231 e. The molecule has 3 aromatic rings. The van der Waals surface area contributed by atoms with Gasteiger partial charge in [0.15, 0.2) is 0 Å². The van der Waals surface area contributed by atoms with Crippen molar-refractivity contribution in [1.82, 2.24) is 19.9 Å². The number of nitrogens with one attached hydrogen (secondary N) is 3. The van der Waals surface area contributed by atoms with Crippen LogP contribution in [-0.2, 0) is 22.3 Å². The highest BCUT2D eigenvalue weighted by molar-refractivity contribution is 7.82. The summed E-state index contributed by atoms with van der Waals surface area (Å²) in [4.78, 5) is 18.7. The van der Waals surface area contributed by atoms with E-state index in [0.29, 0.717) is 42.6 Å².